The molecule has 86 valence electrons. The van der Waals surface area contributed by atoms with Crippen molar-refractivity contribution < 1.29 is 0 Å². The van der Waals surface area contributed by atoms with E-state index in [0.29, 0.717) is 22.4 Å². The lowest BCUT2D eigenvalue weighted by Gasteiger charge is -2.05. The van der Waals surface area contributed by atoms with Gasteiger partial charge in [0.2, 0.25) is 0 Å². The van der Waals surface area contributed by atoms with Crippen molar-refractivity contribution >= 4 is 29.2 Å². The Morgan fingerprint density at radius 1 is 1.24 bits per heavy atom. The van der Waals surface area contributed by atoms with Gasteiger partial charge in [0.1, 0.15) is 11.5 Å². The van der Waals surface area contributed by atoms with Crippen LogP contribution < -0.4 is 5.73 Å². The number of hydrogen-bond donors (Lipinski definition) is 1. The van der Waals surface area contributed by atoms with Gasteiger partial charge in [0.15, 0.2) is 5.82 Å². The first-order chi connectivity index (χ1) is 8.24. The van der Waals surface area contributed by atoms with Gasteiger partial charge >= 0.3 is 0 Å². The molecule has 1 aliphatic rings. The van der Waals surface area contributed by atoms with Gasteiger partial charge in [-0.15, -0.1) is 0 Å². The van der Waals surface area contributed by atoms with Crippen LogP contribution in [0.2, 0.25) is 5.02 Å². The molecule has 2 aromatic rings. The molecule has 2 N–H and O–H groups in total. The maximum Gasteiger partial charge on any atom is 0.180 e. The molecular weight excluding hydrogens is 256 g/mol. The van der Waals surface area contributed by atoms with E-state index < -0.39 is 0 Å². The summed E-state index contributed by atoms with van der Waals surface area (Å²) < 4.78 is 0. The van der Waals surface area contributed by atoms with Gasteiger partial charge in [-0.25, -0.2) is 9.97 Å². The second kappa shape index (κ2) is 4.16. The monoisotopic (exact) mass is 264 g/mol. The Balaban J connectivity index is 2.10. The summed E-state index contributed by atoms with van der Waals surface area (Å²) >= 11 is 7.59. The van der Waals surface area contributed by atoms with Crippen molar-refractivity contribution in [3.05, 3.63) is 34.6 Å². The molecule has 2 aromatic heterocycles. The molecule has 0 aromatic carbocycles. The average Bonchev–Trinajstić information content (AvgIpc) is 2.78. The molecule has 0 unspecified atom stereocenters. The highest BCUT2D eigenvalue weighted by molar-refractivity contribution is 7.98. The zero-order valence-electron chi connectivity index (χ0n) is 8.85. The molecule has 0 fully saturated rings. The van der Waals surface area contributed by atoms with E-state index in [1.165, 1.54) is 0 Å². The van der Waals surface area contributed by atoms with Crippen molar-refractivity contribution in [2.24, 2.45) is 0 Å². The predicted octanol–water partition coefficient (Wildman–Crippen LogP) is 2.52. The van der Waals surface area contributed by atoms with Crippen LogP contribution in [0.5, 0.6) is 0 Å². The van der Waals surface area contributed by atoms with Gasteiger partial charge in [-0.05, 0) is 12.1 Å². The molecule has 0 radical (unpaired) electrons. The van der Waals surface area contributed by atoms with Crippen molar-refractivity contribution in [1.29, 1.82) is 0 Å². The molecule has 17 heavy (non-hydrogen) atoms. The van der Waals surface area contributed by atoms with Crippen LogP contribution in [-0.4, -0.2) is 15.0 Å². The van der Waals surface area contributed by atoms with E-state index in [4.69, 9.17) is 17.3 Å². The standard InChI is InChI=1S/C11H9ClN4S/c12-6-1-2-8(14-3-6)11-15-9-5-17-4-7(9)10(13)16-11/h1-3H,4-5H2,(H2,13,15,16). The van der Waals surface area contributed by atoms with E-state index in [1.54, 1.807) is 30.1 Å². The van der Waals surface area contributed by atoms with Crippen molar-refractivity contribution in [3.8, 4) is 11.5 Å². The predicted molar refractivity (Wildman–Crippen MR) is 69.7 cm³/mol. The van der Waals surface area contributed by atoms with Gasteiger partial charge in [0, 0.05) is 23.3 Å². The summed E-state index contributed by atoms with van der Waals surface area (Å²) in [5, 5.41) is 0.596. The number of aromatic nitrogens is 3. The van der Waals surface area contributed by atoms with E-state index in [1.807, 2.05) is 0 Å². The number of rotatable bonds is 1. The van der Waals surface area contributed by atoms with Crippen molar-refractivity contribution in [2.45, 2.75) is 11.5 Å². The first kappa shape index (κ1) is 10.8. The minimum Gasteiger partial charge on any atom is -0.383 e. The van der Waals surface area contributed by atoms with E-state index in [9.17, 15) is 0 Å². The van der Waals surface area contributed by atoms with Crippen LogP contribution in [0.4, 0.5) is 5.82 Å². The number of thioether (sulfide) groups is 1. The van der Waals surface area contributed by atoms with Crippen LogP contribution in [0.3, 0.4) is 0 Å². The molecule has 6 heteroatoms. The third-order valence-corrected chi connectivity index (χ3v) is 3.76. The Morgan fingerprint density at radius 3 is 2.88 bits per heavy atom. The summed E-state index contributed by atoms with van der Waals surface area (Å²) in [6, 6.07) is 3.57. The second-order valence-corrected chi connectivity index (χ2v) is 5.13. The van der Waals surface area contributed by atoms with Crippen LogP contribution in [0, 0.1) is 0 Å². The SMILES string of the molecule is Nc1nc(-c2ccc(Cl)cn2)nc2c1CSC2. The number of nitrogen functional groups attached to an aromatic ring is 1. The Hall–Kier alpha value is -1.33. The lowest BCUT2D eigenvalue weighted by atomic mass is 10.2. The molecule has 3 rings (SSSR count). The van der Waals surface area contributed by atoms with Crippen molar-refractivity contribution in [2.75, 3.05) is 5.73 Å². The summed E-state index contributed by atoms with van der Waals surface area (Å²) in [5.74, 6) is 2.92. The fourth-order valence-electron chi connectivity index (χ4n) is 1.70. The van der Waals surface area contributed by atoms with Gasteiger partial charge in [-0.2, -0.15) is 11.8 Å². The smallest absolute Gasteiger partial charge is 0.180 e. The topological polar surface area (TPSA) is 64.7 Å². The number of halogens is 1. The lowest BCUT2D eigenvalue weighted by molar-refractivity contribution is 1.07. The van der Waals surface area contributed by atoms with Crippen LogP contribution in [-0.2, 0) is 11.5 Å². The van der Waals surface area contributed by atoms with Crippen LogP contribution >= 0.6 is 23.4 Å². The normalized spacial score (nSPS) is 13.7. The molecule has 3 heterocycles. The Labute approximate surface area is 108 Å². The molecule has 0 spiro atoms. The van der Waals surface area contributed by atoms with Crippen molar-refractivity contribution in [1.82, 2.24) is 15.0 Å². The van der Waals surface area contributed by atoms with Gasteiger partial charge < -0.3 is 5.73 Å². The van der Waals surface area contributed by atoms with Gasteiger partial charge in [-0.3, -0.25) is 4.98 Å². The second-order valence-electron chi connectivity index (χ2n) is 3.71. The molecule has 0 amide bonds. The van der Waals surface area contributed by atoms with Crippen LogP contribution in [0.15, 0.2) is 18.3 Å². The maximum absolute atomic E-state index is 5.92. The first-order valence-electron chi connectivity index (χ1n) is 5.09. The molecule has 0 atom stereocenters. The Bertz CT molecular complexity index is 570. The number of nitrogens with zero attached hydrogens (tertiary/aromatic N) is 3. The first-order valence-corrected chi connectivity index (χ1v) is 6.62. The Morgan fingerprint density at radius 2 is 2.12 bits per heavy atom. The van der Waals surface area contributed by atoms with E-state index in [-0.39, 0.29) is 0 Å². The largest absolute Gasteiger partial charge is 0.383 e. The maximum atomic E-state index is 5.92. The summed E-state index contributed by atoms with van der Waals surface area (Å²) in [5.41, 5.74) is 8.70. The molecule has 4 nitrogen and oxygen atoms in total. The Kier molecular flexibility index (Phi) is 2.64. The molecule has 1 aliphatic heterocycles. The van der Waals surface area contributed by atoms with Crippen LogP contribution in [0.1, 0.15) is 11.3 Å². The van der Waals surface area contributed by atoms with Gasteiger partial charge in [0.25, 0.3) is 0 Å². The van der Waals surface area contributed by atoms with E-state index >= 15 is 0 Å². The molecule has 0 bridgehead atoms. The molecular formula is C11H9ClN4S. The number of hydrogen-bond acceptors (Lipinski definition) is 5. The minimum absolute atomic E-state index is 0.562. The zero-order chi connectivity index (χ0) is 11.8. The number of pyridine rings is 1. The highest BCUT2D eigenvalue weighted by atomic mass is 35.5. The number of nitrogens with two attached hydrogens (primary N) is 1. The third kappa shape index (κ3) is 1.96. The highest BCUT2D eigenvalue weighted by Crippen LogP contribution is 2.32. The van der Waals surface area contributed by atoms with E-state index in [2.05, 4.69) is 15.0 Å². The molecule has 0 saturated heterocycles. The third-order valence-electron chi connectivity index (χ3n) is 2.57. The van der Waals surface area contributed by atoms with Crippen molar-refractivity contribution in [3.63, 3.8) is 0 Å². The summed E-state index contributed by atoms with van der Waals surface area (Å²) in [6.07, 6.45) is 1.58. The summed E-state index contributed by atoms with van der Waals surface area (Å²) in [7, 11) is 0. The summed E-state index contributed by atoms with van der Waals surface area (Å²) in [4.78, 5) is 13.0. The number of fused-ring (bicyclic) bond motifs is 1. The summed E-state index contributed by atoms with van der Waals surface area (Å²) in [6.45, 7) is 0. The average molecular weight is 265 g/mol. The fraction of sp³-hybridized carbons (Fsp3) is 0.182. The quantitative estimate of drug-likeness (QED) is 0.857. The lowest BCUT2D eigenvalue weighted by Crippen LogP contribution is -2.03. The molecule has 0 aliphatic carbocycles. The minimum atomic E-state index is 0.562. The van der Waals surface area contributed by atoms with Gasteiger partial charge in [0.05, 0.1) is 10.7 Å². The number of anilines is 1. The van der Waals surface area contributed by atoms with Gasteiger partial charge in [-0.1, -0.05) is 11.6 Å². The fourth-order valence-corrected chi connectivity index (χ4v) is 2.86. The zero-order valence-corrected chi connectivity index (χ0v) is 10.4. The van der Waals surface area contributed by atoms with Crippen LogP contribution in [0.25, 0.3) is 11.5 Å². The van der Waals surface area contributed by atoms with E-state index in [0.717, 1.165) is 22.8 Å². The molecule has 0 saturated carbocycles. The highest BCUT2D eigenvalue weighted by Gasteiger charge is 2.18.